The van der Waals surface area contributed by atoms with Crippen LogP contribution in [0.1, 0.15) is 70.2 Å². The Labute approximate surface area is 367 Å². The first-order valence-corrected chi connectivity index (χ1v) is 20.4. The van der Waals surface area contributed by atoms with E-state index in [1.807, 2.05) is 24.3 Å². The van der Waals surface area contributed by atoms with Gasteiger partial charge in [-0.1, -0.05) is 114 Å². The minimum Gasteiger partial charge on any atom is -1.00 e. The zero-order valence-electron chi connectivity index (χ0n) is 33.1. The molecule has 1 aliphatic rings. The average Bonchev–Trinajstić information content (AvgIpc) is 3.87. The summed E-state index contributed by atoms with van der Waals surface area (Å²) in [5, 5.41) is 6.16. The molecule has 0 aliphatic heterocycles. The van der Waals surface area contributed by atoms with Crippen molar-refractivity contribution in [3.05, 3.63) is 197 Å². The molecule has 0 unspecified atom stereocenters. The predicted octanol–water partition coefficient (Wildman–Crippen LogP) is 8.60. The fraction of sp³-hybridized carbons (Fsp3) is 0.192. The second-order valence-electron chi connectivity index (χ2n) is 16.0. The van der Waals surface area contributed by atoms with Crippen molar-refractivity contribution in [2.75, 3.05) is 0 Å². The van der Waals surface area contributed by atoms with E-state index >= 15 is 0 Å². The van der Waals surface area contributed by atoms with Crippen molar-refractivity contribution >= 4 is 36.4 Å². The SMILES string of the molecule is CC(C)(C)c1cc2c(cc1-c1ccccc1)[cH-]c1cc(-c3ccccc3)c(C(C)(C)C)cc12.Clc1ccc([C](=[Zr+2])Cc2ccccc2)cc1.[C-]1=CC=CC1.[Cl-].[Cl-]. The van der Waals surface area contributed by atoms with Crippen molar-refractivity contribution in [2.45, 2.75) is 65.2 Å². The summed E-state index contributed by atoms with van der Waals surface area (Å²) in [5.74, 6) is 0. The fourth-order valence-electron chi connectivity index (χ4n) is 6.95. The number of hydrogen-bond donors (Lipinski definition) is 0. The van der Waals surface area contributed by atoms with Crippen molar-refractivity contribution in [3.8, 4) is 22.3 Å². The van der Waals surface area contributed by atoms with Gasteiger partial charge in [-0.15, -0.1) is 46.2 Å². The molecule has 1 aliphatic carbocycles. The maximum atomic E-state index is 5.87. The number of rotatable bonds is 5. The topological polar surface area (TPSA) is 0 Å². The molecule has 7 aromatic carbocycles. The zero-order valence-corrected chi connectivity index (χ0v) is 37.9. The van der Waals surface area contributed by atoms with Crippen LogP contribution in [0.5, 0.6) is 0 Å². The Balaban J connectivity index is 0.000000252. The molecule has 0 saturated carbocycles. The van der Waals surface area contributed by atoms with Crippen LogP contribution in [0.25, 0.3) is 43.8 Å². The van der Waals surface area contributed by atoms with Crippen molar-refractivity contribution in [2.24, 2.45) is 0 Å². The molecule has 0 heterocycles. The van der Waals surface area contributed by atoms with Gasteiger partial charge in [0, 0.05) is 0 Å². The molecule has 0 spiro atoms. The summed E-state index contributed by atoms with van der Waals surface area (Å²) in [4.78, 5) is 0. The van der Waals surface area contributed by atoms with Gasteiger partial charge >= 0.3 is 116 Å². The second-order valence-corrected chi connectivity index (χ2v) is 17.9. The molecule has 0 nitrogen and oxygen atoms in total. The van der Waals surface area contributed by atoms with Crippen LogP contribution >= 0.6 is 11.6 Å². The van der Waals surface area contributed by atoms with Gasteiger partial charge in [0.1, 0.15) is 0 Å². The van der Waals surface area contributed by atoms with Crippen LogP contribution in [-0.4, -0.2) is 3.21 Å². The van der Waals surface area contributed by atoms with Gasteiger partial charge in [0.05, 0.1) is 0 Å². The van der Waals surface area contributed by atoms with Crippen LogP contribution in [0.4, 0.5) is 0 Å². The van der Waals surface area contributed by atoms with Gasteiger partial charge in [-0.05, 0) is 44.2 Å². The van der Waals surface area contributed by atoms with Crippen LogP contribution in [-0.2, 0) is 41.5 Å². The smallest absolute Gasteiger partial charge is 0.109 e. The summed E-state index contributed by atoms with van der Waals surface area (Å²) in [6.07, 6.45) is 11.0. The Morgan fingerprint density at radius 3 is 1.45 bits per heavy atom. The van der Waals surface area contributed by atoms with Crippen LogP contribution in [0.2, 0.25) is 5.02 Å². The molecule has 0 atom stereocenters. The van der Waals surface area contributed by atoms with Crippen LogP contribution < -0.4 is 24.8 Å². The molecule has 0 bridgehead atoms. The summed E-state index contributed by atoms with van der Waals surface area (Å²) in [7, 11) is 0. The maximum Gasteiger partial charge on any atom is -0.109 e. The molecule has 0 saturated heterocycles. The molecular formula is C52H49Cl3Zr-2. The van der Waals surface area contributed by atoms with E-state index in [0.29, 0.717) is 0 Å². The van der Waals surface area contributed by atoms with E-state index in [0.717, 1.165) is 17.9 Å². The molecule has 0 aromatic heterocycles. The third-order valence-corrected chi connectivity index (χ3v) is 11.2. The van der Waals surface area contributed by atoms with Gasteiger partial charge in [-0.2, -0.15) is 6.08 Å². The van der Waals surface area contributed by atoms with E-state index in [9.17, 15) is 0 Å². The van der Waals surface area contributed by atoms with E-state index < -0.39 is 0 Å². The maximum absolute atomic E-state index is 5.87. The Hall–Kier alpha value is -3.71. The summed E-state index contributed by atoms with van der Waals surface area (Å²) in [5.41, 5.74) is 10.8. The molecule has 0 radical (unpaired) electrons. The van der Waals surface area contributed by atoms with Crippen molar-refractivity contribution < 1.29 is 49.0 Å². The monoisotopic (exact) mass is 868 g/mol. The Kier molecular flexibility index (Phi) is 16.2. The average molecular weight is 872 g/mol. The minimum atomic E-state index is 0. The van der Waals surface area contributed by atoms with E-state index in [4.69, 9.17) is 11.6 Å². The van der Waals surface area contributed by atoms with Gasteiger partial charge in [-0.3, -0.25) is 6.08 Å². The number of allylic oxidation sites excluding steroid dienone is 4. The zero-order chi connectivity index (χ0) is 38.3. The van der Waals surface area contributed by atoms with E-state index in [2.05, 4.69) is 187 Å². The van der Waals surface area contributed by atoms with Crippen LogP contribution in [0.3, 0.4) is 0 Å². The molecule has 284 valence electrons. The molecule has 0 fully saturated rings. The third-order valence-electron chi connectivity index (χ3n) is 9.77. The van der Waals surface area contributed by atoms with Gasteiger partial charge < -0.3 is 24.8 Å². The van der Waals surface area contributed by atoms with Crippen LogP contribution in [0, 0.1) is 6.08 Å². The molecular weight excluding hydrogens is 822 g/mol. The molecule has 8 rings (SSSR count). The second kappa shape index (κ2) is 20.1. The van der Waals surface area contributed by atoms with Crippen LogP contribution in [0.15, 0.2) is 164 Å². The molecule has 0 N–H and O–H groups in total. The van der Waals surface area contributed by atoms with Crippen molar-refractivity contribution in [3.63, 3.8) is 0 Å². The van der Waals surface area contributed by atoms with Gasteiger partial charge in [-0.25, -0.2) is 12.2 Å². The molecule has 56 heavy (non-hydrogen) atoms. The van der Waals surface area contributed by atoms with E-state index in [-0.39, 0.29) is 35.6 Å². The Bertz CT molecular complexity index is 2270. The summed E-state index contributed by atoms with van der Waals surface area (Å²) < 4.78 is 1.45. The Morgan fingerprint density at radius 1 is 0.625 bits per heavy atom. The first kappa shape index (κ1) is 45.0. The van der Waals surface area contributed by atoms with Gasteiger partial charge in [0.15, 0.2) is 0 Å². The fourth-order valence-corrected chi connectivity index (χ4v) is 7.99. The number of fused-ring (bicyclic) bond motifs is 3. The number of benzene rings is 6. The van der Waals surface area contributed by atoms with Crippen molar-refractivity contribution in [1.29, 1.82) is 0 Å². The first-order valence-electron chi connectivity index (χ1n) is 18.8. The molecule has 4 heteroatoms. The summed E-state index contributed by atoms with van der Waals surface area (Å²) in [6.45, 7) is 13.9. The molecule has 7 aromatic rings. The van der Waals surface area contributed by atoms with Gasteiger partial charge in [0.2, 0.25) is 0 Å². The Morgan fingerprint density at radius 2 is 1.07 bits per heavy atom. The summed E-state index contributed by atoms with van der Waals surface area (Å²) >= 11 is 7.34. The van der Waals surface area contributed by atoms with E-state index in [1.165, 1.54) is 93.5 Å². The standard InChI is InChI=1S/C33H33.C14H11Cl.C5H5.2ClH.Zr/c1-32(2,3)30-20-26-24(18-28(30)22-13-9-7-10-14-22)17-25-19-29(23-15-11-8-12-16-23)31(21-27(25)26)33(4,5)6;15-14-10-8-13(9-11-14)7-6-12-4-2-1-3-5-12;1-2-4-5-3-1;;;/h7-21H,1-6H3;1-5,8-11H,6H2;1-3H,4H2;2*1H;/q-1;;-1;;;+2/p-2. The summed E-state index contributed by atoms with van der Waals surface area (Å²) in [6, 6.07) is 52.4. The minimum absolute atomic E-state index is 0. The number of hydrogen-bond acceptors (Lipinski definition) is 0. The van der Waals surface area contributed by atoms with Gasteiger partial charge in [0.25, 0.3) is 0 Å². The van der Waals surface area contributed by atoms with E-state index in [1.54, 1.807) is 0 Å². The first-order chi connectivity index (χ1) is 25.9. The quantitative estimate of drug-likeness (QED) is 0.152. The van der Waals surface area contributed by atoms with Crippen molar-refractivity contribution in [1.82, 2.24) is 0 Å². The largest absolute Gasteiger partial charge is 1.00 e. The normalized spacial score (nSPS) is 11.9. The predicted molar refractivity (Wildman–Crippen MR) is 233 cm³/mol. The molecule has 0 amide bonds. The number of halogens is 3. The third kappa shape index (κ3) is 11.5.